The maximum Gasteiger partial charge on any atom is 0.191 e. The second-order valence-electron chi connectivity index (χ2n) is 7.59. The van der Waals surface area contributed by atoms with Crippen molar-refractivity contribution < 1.29 is 0 Å². The molecular weight excluding hydrogens is 356 g/mol. The monoisotopic (exact) mass is 392 g/mol. The molecular formula is C20H36N6S. The lowest BCUT2D eigenvalue weighted by molar-refractivity contribution is 0.206. The highest BCUT2D eigenvalue weighted by Crippen LogP contribution is 2.24. The first-order valence-electron chi connectivity index (χ1n) is 10.7. The third-order valence-corrected chi connectivity index (χ3v) is 6.32. The molecule has 2 aliphatic rings. The molecule has 3 heterocycles. The molecule has 2 saturated heterocycles. The van der Waals surface area contributed by atoms with Crippen LogP contribution in [0, 0.1) is 0 Å². The van der Waals surface area contributed by atoms with E-state index in [-0.39, 0.29) is 0 Å². The van der Waals surface area contributed by atoms with Gasteiger partial charge in [-0.25, -0.2) is 4.98 Å². The number of aliphatic imine (C=N–C) groups is 1. The molecule has 1 aromatic heterocycles. The third kappa shape index (κ3) is 6.35. The highest BCUT2D eigenvalue weighted by molar-refractivity contribution is 7.13. The van der Waals surface area contributed by atoms with E-state index in [9.17, 15) is 0 Å². The predicted molar refractivity (Wildman–Crippen MR) is 116 cm³/mol. The number of anilines is 1. The van der Waals surface area contributed by atoms with Crippen LogP contribution in [0.5, 0.6) is 0 Å². The normalized spacial score (nSPS) is 19.6. The Labute approximate surface area is 168 Å². The standard InChI is InChI=1S/C20H36N6S/c1-3-11-25-14-8-17(9-15-25)23-19(21-4-2)22-10-7-18-16-27-20(24-18)26-12-5-6-13-26/h16-17H,3-15H2,1-2H3,(H2,21,22,23). The minimum absolute atomic E-state index is 0.539. The Morgan fingerprint density at radius 3 is 2.70 bits per heavy atom. The smallest absolute Gasteiger partial charge is 0.191 e. The van der Waals surface area contributed by atoms with Gasteiger partial charge in [0.15, 0.2) is 11.1 Å². The second-order valence-corrected chi connectivity index (χ2v) is 8.42. The summed E-state index contributed by atoms with van der Waals surface area (Å²) in [5, 5.41) is 10.4. The topological polar surface area (TPSA) is 55.8 Å². The number of piperidine rings is 1. The largest absolute Gasteiger partial charge is 0.357 e. The van der Waals surface area contributed by atoms with Gasteiger partial charge in [-0.3, -0.25) is 4.99 Å². The van der Waals surface area contributed by atoms with Crippen LogP contribution in [0.2, 0.25) is 0 Å². The molecule has 0 saturated carbocycles. The lowest BCUT2D eigenvalue weighted by Gasteiger charge is -2.32. The Kier molecular flexibility index (Phi) is 8.20. The van der Waals surface area contributed by atoms with E-state index in [4.69, 9.17) is 9.98 Å². The summed E-state index contributed by atoms with van der Waals surface area (Å²) in [6.45, 7) is 12.0. The van der Waals surface area contributed by atoms with Crippen molar-refractivity contribution in [3.63, 3.8) is 0 Å². The summed E-state index contributed by atoms with van der Waals surface area (Å²) in [4.78, 5) is 14.6. The van der Waals surface area contributed by atoms with Gasteiger partial charge in [0.05, 0.1) is 5.69 Å². The van der Waals surface area contributed by atoms with Crippen molar-refractivity contribution in [3.05, 3.63) is 11.1 Å². The van der Waals surface area contributed by atoms with Crippen LogP contribution >= 0.6 is 11.3 Å². The molecule has 152 valence electrons. The molecule has 27 heavy (non-hydrogen) atoms. The van der Waals surface area contributed by atoms with Gasteiger partial charge in [0.25, 0.3) is 0 Å². The van der Waals surface area contributed by atoms with Crippen molar-refractivity contribution >= 4 is 22.4 Å². The first-order valence-corrected chi connectivity index (χ1v) is 11.6. The predicted octanol–water partition coefficient (Wildman–Crippen LogP) is 2.72. The van der Waals surface area contributed by atoms with E-state index in [0.717, 1.165) is 38.6 Å². The van der Waals surface area contributed by atoms with Gasteiger partial charge in [-0.05, 0) is 45.6 Å². The molecule has 0 unspecified atom stereocenters. The Hall–Kier alpha value is -1.34. The third-order valence-electron chi connectivity index (χ3n) is 5.37. The summed E-state index contributed by atoms with van der Waals surface area (Å²) in [6, 6.07) is 0.539. The van der Waals surface area contributed by atoms with Gasteiger partial charge >= 0.3 is 0 Å². The maximum atomic E-state index is 4.81. The summed E-state index contributed by atoms with van der Waals surface area (Å²) < 4.78 is 0. The van der Waals surface area contributed by atoms with Crippen LogP contribution in [-0.4, -0.2) is 67.7 Å². The number of thiazole rings is 1. The SMILES string of the molecule is CCCN1CCC(NC(=NCCc2csc(N3CCCC3)n2)NCC)CC1. The van der Waals surface area contributed by atoms with Gasteiger partial charge in [-0.15, -0.1) is 11.3 Å². The molecule has 2 aliphatic heterocycles. The number of aromatic nitrogens is 1. The zero-order valence-corrected chi connectivity index (χ0v) is 17.9. The van der Waals surface area contributed by atoms with E-state index < -0.39 is 0 Å². The lowest BCUT2D eigenvalue weighted by atomic mass is 10.1. The molecule has 6 nitrogen and oxygen atoms in total. The molecule has 7 heteroatoms. The molecule has 0 bridgehead atoms. The molecule has 1 aromatic rings. The molecule has 0 radical (unpaired) electrons. The van der Waals surface area contributed by atoms with Gasteiger partial charge in [0.1, 0.15) is 0 Å². The highest BCUT2D eigenvalue weighted by atomic mass is 32.1. The zero-order valence-electron chi connectivity index (χ0n) is 17.0. The van der Waals surface area contributed by atoms with Crippen molar-refractivity contribution in [2.45, 2.75) is 58.4 Å². The number of nitrogens with zero attached hydrogens (tertiary/aromatic N) is 4. The molecule has 0 amide bonds. The van der Waals surface area contributed by atoms with E-state index >= 15 is 0 Å². The summed E-state index contributed by atoms with van der Waals surface area (Å²) >= 11 is 1.78. The van der Waals surface area contributed by atoms with E-state index in [0.29, 0.717) is 6.04 Å². The lowest BCUT2D eigenvalue weighted by Crippen LogP contribution is -2.48. The second kappa shape index (κ2) is 10.9. The fourth-order valence-corrected chi connectivity index (χ4v) is 4.79. The Morgan fingerprint density at radius 1 is 1.22 bits per heavy atom. The minimum Gasteiger partial charge on any atom is -0.357 e. The first-order chi connectivity index (χ1) is 13.3. The maximum absolute atomic E-state index is 4.81. The zero-order chi connectivity index (χ0) is 18.9. The fourth-order valence-electron chi connectivity index (χ4n) is 3.88. The quantitative estimate of drug-likeness (QED) is 0.526. The summed E-state index contributed by atoms with van der Waals surface area (Å²) in [5.41, 5.74) is 1.18. The van der Waals surface area contributed by atoms with Crippen molar-refractivity contribution in [2.75, 3.05) is 50.7 Å². The molecule has 3 rings (SSSR count). The Morgan fingerprint density at radius 2 is 2.00 bits per heavy atom. The summed E-state index contributed by atoms with van der Waals surface area (Å²) in [7, 11) is 0. The molecule has 0 atom stereocenters. The van der Waals surface area contributed by atoms with Gasteiger partial charge in [-0.2, -0.15) is 0 Å². The van der Waals surface area contributed by atoms with Crippen LogP contribution in [-0.2, 0) is 6.42 Å². The first kappa shape index (κ1) is 20.4. The number of likely N-dealkylation sites (tertiary alicyclic amines) is 1. The van der Waals surface area contributed by atoms with Crippen molar-refractivity contribution in [2.24, 2.45) is 4.99 Å². The molecule has 0 spiro atoms. The average Bonchev–Trinajstić information content (AvgIpc) is 3.35. The van der Waals surface area contributed by atoms with Crippen LogP contribution in [0.3, 0.4) is 0 Å². The average molecular weight is 393 g/mol. The van der Waals surface area contributed by atoms with Gasteiger partial charge in [-0.1, -0.05) is 6.92 Å². The van der Waals surface area contributed by atoms with Crippen LogP contribution in [0.25, 0.3) is 0 Å². The fraction of sp³-hybridized carbons (Fsp3) is 0.800. The number of nitrogens with one attached hydrogen (secondary N) is 2. The highest BCUT2D eigenvalue weighted by Gasteiger charge is 2.19. The summed E-state index contributed by atoms with van der Waals surface area (Å²) in [5.74, 6) is 0.960. The van der Waals surface area contributed by atoms with Crippen LogP contribution in [0.1, 0.15) is 51.6 Å². The van der Waals surface area contributed by atoms with Gasteiger partial charge in [0.2, 0.25) is 0 Å². The van der Waals surface area contributed by atoms with E-state index in [1.807, 2.05) is 0 Å². The van der Waals surface area contributed by atoms with Crippen molar-refractivity contribution in [1.82, 2.24) is 20.5 Å². The van der Waals surface area contributed by atoms with E-state index in [2.05, 4.69) is 39.7 Å². The van der Waals surface area contributed by atoms with Gasteiger partial charge in [0, 0.05) is 57.1 Å². The van der Waals surface area contributed by atoms with Crippen molar-refractivity contribution in [1.29, 1.82) is 0 Å². The van der Waals surface area contributed by atoms with Crippen LogP contribution < -0.4 is 15.5 Å². The van der Waals surface area contributed by atoms with Crippen LogP contribution in [0.15, 0.2) is 10.4 Å². The van der Waals surface area contributed by atoms with E-state index in [1.54, 1.807) is 11.3 Å². The number of guanidine groups is 1. The Balaban J connectivity index is 1.44. The van der Waals surface area contributed by atoms with Gasteiger partial charge < -0.3 is 20.4 Å². The van der Waals surface area contributed by atoms with Crippen molar-refractivity contribution in [3.8, 4) is 0 Å². The van der Waals surface area contributed by atoms with Crippen LogP contribution in [0.4, 0.5) is 5.13 Å². The summed E-state index contributed by atoms with van der Waals surface area (Å²) in [6.07, 6.45) is 7.17. The van der Waals surface area contributed by atoms with E-state index in [1.165, 1.54) is 62.6 Å². The minimum atomic E-state index is 0.539. The number of rotatable bonds is 8. The number of hydrogen-bond acceptors (Lipinski definition) is 5. The molecule has 2 N–H and O–H groups in total. The Bertz CT molecular complexity index is 573. The molecule has 0 aromatic carbocycles. The molecule has 0 aliphatic carbocycles. The molecule has 2 fully saturated rings. The number of hydrogen-bond donors (Lipinski definition) is 2.